The highest BCUT2D eigenvalue weighted by molar-refractivity contribution is 6.30. The molecule has 0 aliphatic heterocycles. The van der Waals surface area contributed by atoms with Crippen LogP contribution < -0.4 is 0 Å². The summed E-state index contributed by atoms with van der Waals surface area (Å²) in [7, 11) is 0. The van der Waals surface area contributed by atoms with Crippen LogP contribution in [0.25, 0.3) is 0 Å². The van der Waals surface area contributed by atoms with Crippen molar-refractivity contribution in [2.45, 2.75) is 18.4 Å². The standard InChI is InChI=1S/C11H10ClFO4/c1-5(14)9(12)7-4-6(2-3-8(7)13)10(15)11(16)17/h2-4,9-10,15H,1H3,(H,16,17). The molecule has 0 heterocycles. The number of halogens is 2. The molecule has 2 unspecified atom stereocenters. The molecular weight excluding hydrogens is 251 g/mol. The lowest BCUT2D eigenvalue weighted by Gasteiger charge is -2.11. The second kappa shape index (κ2) is 5.25. The van der Waals surface area contributed by atoms with Crippen LogP contribution in [0.15, 0.2) is 18.2 Å². The van der Waals surface area contributed by atoms with Crippen LogP contribution >= 0.6 is 11.6 Å². The second-order valence-electron chi connectivity index (χ2n) is 3.49. The monoisotopic (exact) mass is 260 g/mol. The van der Waals surface area contributed by atoms with Gasteiger partial charge >= 0.3 is 5.97 Å². The molecule has 92 valence electrons. The third-order valence-electron chi connectivity index (χ3n) is 2.20. The molecule has 17 heavy (non-hydrogen) atoms. The van der Waals surface area contributed by atoms with Crippen molar-refractivity contribution in [2.75, 3.05) is 0 Å². The molecule has 0 saturated carbocycles. The van der Waals surface area contributed by atoms with Gasteiger partial charge in [0, 0.05) is 5.56 Å². The normalized spacial score (nSPS) is 14.1. The summed E-state index contributed by atoms with van der Waals surface area (Å²) < 4.78 is 13.4. The lowest BCUT2D eigenvalue weighted by Crippen LogP contribution is -2.12. The van der Waals surface area contributed by atoms with Gasteiger partial charge in [-0.15, -0.1) is 11.6 Å². The van der Waals surface area contributed by atoms with E-state index >= 15 is 0 Å². The van der Waals surface area contributed by atoms with E-state index in [-0.39, 0.29) is 11.1 Å². The average molecular weight is 261 g/mol. The molecule has 2 N–H and O–H groups in total. The number of hydrogen-bond donors (Lipinski definition) is 2. The van der Waals surface area contributed by atoms with Gasteiger partial charge < -0.3 is 10.2 Å². The first kappa shape index (κ1) is 13.6. The van der Waals surface area contributed by atoms with E-state index in [1.54, 1.807) is 0 Å². The maximum atomic E-state index is 13.4. The Morgan fingerprint density at radius 3 is 2.47 bits per heavy atom. The highest BCUT2D eigenvalue weighted by atomic mass is 35.5. The molecule has 0 aromatic heterocycles. The molecule has 0 radical (unpaired) electrons. The summed E-state index contributed by atoms with van der Waals surface area (Å²) in [6.07, 6.45) is -1.77. The molecule has 0 aliphatic rings. The quantitative estimate of drug-likeness (QED) is 0.810. The predicted octanol–water partition coefficient (Wildman–Crippen LogP) is 1.81. The molecule has 0 amide bonds. The van der Waals surface area contributed by atoms with Crippen molar-refractivity contribution in [1.82, 2.24) is 0 Å². The third-order valence-corrected chi connectivity index (χ3v) is 2.74. The number of aliphatic hydroxyl groups is 1. The fourth-order valence-corrected chi connectivity index (χ4v) is 1.46. The molecule has 4 nitrogen and oxygen atoms in total. The van der Waals surface area contributed by atoms with E-state index in [9.17, 15) is 19.1 Å². The van der Waals surface area contributed by atoms with Crippen LogP contribution in [-0.2, 0) is 9.59 Å². The van der Waals surface area contributed by atoms with Crippen LogP contribution in [0.4, 0.5) is 4.39 Å². The van der Waals surface area contributed by atoms with Gasteiger partial charge in [-0.25, -0.2) is 9.18 Å². The van der Waals surface area contributed by atoms with Gasteiger partial charge in [0.2, 0.25) is 0 Å². The van der Waals surface area contributed by atoms with E-state index < -0.39 is 29.1 Å². The highest BCUT2D eigenvalue weighted by Gasteiger charge is 2.22. The maximum Gasteiger partial charge on any atom is 0.337 e. The van der Waals surface area contributed by atoms with Crippen molar-refractivity contribution < 1.29 is 24.2 Å². The summed E-state index contributed by atoms with van der Waals surface area (Å²) in [5, 5.41) is 16.7. The van der Waals surface area contributed by atoms with Gasteiger partial charge in [-0.3, -0.25) is 4.79 Å². The number of carboxylic acid groups (broad SMARTS) is 1. The van der Waals surface area contributed by atoms with Gasteiger partial charge in [-0.05, 0) is 24.6 Å². The third kappa shape index (κ3) is 3.01. The van der Waals surface area contributed by atoms with Crippen molar-refractivity contribution in [1.29, 1.82) is 0 Å². The van der Waals surface area contributed by atoms with Crippen molar-refractivity contribution in [3.05, 3.63) is 35.1 Å². The van der Waals surface area contributed by atoms with Crippen molar-refractivity contribution in [3.63, 3.8) is 0 Å². The minimum Gasteiger partial charge on any atom is -0.479 e. The Balaban J connectivity index is 3.19. The van der Waals surface area contributed by atoms with Gasteiger partial charge in [0.1, 0.15) is 11.2 Å². The lowest BCUT2D eigenvalue weighted by atomic mass is 10.0. The zero-order valence-electron chi connectivity index (χ0n) is 8.85. The summed E-state index contributed by atoms with van der Waals surface area (Å²) in [6, 6.07) is 3.17. The number of aliphatic hydroxyl groups excluding tert-OH is 1. The largest absolute Gasteiger partial charge is 0.479 e. The van der Waals surface area contributed by atoms with E-state index in [0.717, 1.165) is 18.2 Å². The Morgan fingerprint density at radius 1 is 1.41 bits per heavy atom. The number of alkyl halides is 1. The van der Waals surface area contributed by atoms with Crippen LogP contribution in [0.1, 0.15) is 29.5 Å². The predicted molar refractivity (Wildman–Crippen MR) is 58.3 cm³/mol. The molecule has 6 heteroatoms. The molecule has 0 fully saturated rings. The van der Waals surface area contributed by atoms with Gasteiger partial charge in [0.15, 0.2) is 11.9 Å². The van der Waals surface area contributed by atoms with Crippen molar-refractivity contribution in [2.24, 2.45) is 0 Å². The molecular formula is C11H10ClFO4. The summed E-state index contributed by atoms with van der Waals surface area (Å²) in [5.41, 5.74) is -0.169. The van der Waals surface area contributed by atoms with Gasteiger partial charge in [-0.2, -0.15) is 0 Å². The number of rotatable bonds is 4. The Bertz CT molecular complexity index is 461. The minimum atomic E-state index is -1.77. The summed E-state index contributed by atoms with van der Waals surface area (Å²) >= 11 is 5.68. The number of carboxylic acids is 1. The number of carbonyl (C=O) groups excluding carboxylic acids is 1. The van der Waals surface area contributed by atoms with E-state index in [2.05, 4.69) is 0 Å². The Kier molecular flexibility index (Phi) is 4.20. The summed E-state index contributed by atoms with van der Waals surface area (Å²) in [4.78, 5) is 21.6. The SMILES string of the molecule is CC(=O)C(Cl)c1cc(C(O)C(=O)O)ccc1F. The first-order chi connectivity index (χ1) is 7.84. The van der Waals surface area contributed by atoms with Crippen LogP contribution in [0, 0.1) is 5.82 Å². The Hall–Kier alpha value is -1.46. The maximum absolute atomic E-state index is 13.4. The first-order valence-corrected chi connectivity index (χ1v) is 5.13. The lowest BCUT2D eigenvalue weighted by molar-refractivity contribution is -0.146. The molecule has 0 aliphatic carbocycles. The summed E-state index contributed by atoms with van der Waals surface area (Å²) in [6.45, 7) is 1.19. The zero-order chi connectivity index (χ0) is 13.2. The molecule has 0 bridgehead atoms. The molecule has 0 spiro atoms. The number of hydrogen-bond acceptors (Lipinski definition) is 3. The van der Waals surface area contributed by atoms with Gasteiger partial charge in [0.25, 0.3) is 0 Å². The Morgan fingerprint density at radius 2 is 2.00 bits per heavy atom. The number of carbonyl (C=O) groups is 2. The van der Waals surface area contributed by atoms with E-state index in [0.29, 0.717) is 0 Å². The molecule has 1 rings (SSSR count). The van der Waals surface area contributed by atoms with E-state index in [1.807, 2.05) is 0 Å². The fraction of sp³-hybridized carbons (Fsp3) is 0.273. The molecule has 2 atom stereocenters. The topological polar surface area (TPSA) is 74.6 Å². The number of Topliss-reactive ketones (excluding diaryl/α,β-unsaturated/α-hetero) is 1. The van der Waals surface area contributed by atoms with Crippen LogP contribution in [0.2, 0.25) is 0 Å². The van der Waals surface area contributed by atoms with Crippen molar-refractivity contribution in [3.8, 4) is 0 Å². The number of aliphatic carboxylic acids is 1. The van der Waals surface area contributed by atoms with Crippen LogP contribution in [0.3, 0.4) is 0 Å². The van der Waals surface area contributed by atoms with E-state index in [1.165, 1.54) is 6.92 Å². The highest BCUT2D eigenvalue weighted by Crippen LogP contribution is 2.27. The van der Waals surface area contributed by atoms with Crippen LogP contribution in [0.5, 0.6) is 0 Å². The first-order valence-electron chi connectivity index (χ1n) is 4.69. The minimum absolute atomic E-state index is 0.0270. The second-order valence-corrected chi connectivity index (χ2v) is 3.93. The Labute approximate surface area is 102 Å². The number of benzene rings is 1. The zero-order valence-corrected chi connectivity index (χ0v) is 9.61. The smallest absolute Gasteiger partial charge is 0.337 e. The summed E-state index contributed by atoms with van der Waals surface area (Å²) in [5.74, 6) is -2.65. The van der Waals surface area contributed by atoms with Gasteiger partial charge in [-0.1, -0.05) is 6.07 Å². The van der Waals surface area contributed by atoms with Gasteiger partial charge in [0.05, 0.1) is 0 Å². The molecule has 1 aromatic rings. The van der Waals surface area contributed by atoms with E-state index in [4.69, 9.17) is 16.7 Å². The fourth-order valence-electron chi connectivity index (χ4n) is 1.29. The molecule has 1 aromatic carbocycles. The van der Waals surface area contributed by atoms with Crippen LogP contribution in [-0.4, -0.2) is 22.0 Å². The average Bonchev–Trinajstić information content (AvgIpc) is 2.27. The molecule has 0 saturated heterocycles. The van der Waals surface area contributed by atoms with Crippen molar-refractivity contribution >= 4 is 23.4 Å². The number of ketones is 1.